The smallest absolute Gasteiger partial charge is 0.399 e. The summed E-state index contributed by atoms with van der Waals surface area (Å²) >= 11 is 0. The summed E-state index contributed by atoms with van der Waals surface area (Å²) < 4.78 is 41.5. The van der Waals surface area contributed by atoms with Crippen molar-refractivity contribution in [3.63, 3.8) is 0 Å². The molecule has 0 atom stereocenters. The van der Waals surface area contributed by atoms with E-state index >= 15 is 0 Å². The van der Waals surface area contributed by atoms with Crippen LogP contribution in [0.25, 0.3) is 11.3 Å². The fourth-order valence-corrected chi connectivity index (χ4v) is 4.21. The van der Waals surface area contributed by atoms with Crippen molar-refractivity contribution in [3.8, 4) is 11.3 Å². The lowest BCUT2D eigenvalue weighted by Crippen LogP contribution is -2.35. The van der Waals surface area contributed by atoms with Gasteiger partial charge in [0.2, 0.25) is 5.91 Å². The summed E-state index contributed by atoms with van der Waals surface area (Å²) in [6.07, 6.45) is -3.43. The van der Waals surface area contributed by atoms with Gasteiger partial charge in [-0.25, -0.2) is 4.98 Å². The van der Waals surface area contributed by atoms with Crippen LogP contribution in [0.4, 0.5) is 24.7 Å². The second kappa shape index (κ2) is 13.8. The second-order valence-electron chi connectivity index (χ2n) is 10.2. The first-order valence-electron chi connectivity index (χ1n) is 13.6. The number of aromatic nitrogens is 2. The number of carbonyl (C=O) groups excluding carboxylic acids is 1. The Labute approximate surface area is 251 Å². The lowest BCUT2D eigenvalue weighted by molar-refractivity contribution is -0.137. The van der Waals surface area contributed by atoms with Crippen LogP contribution in [0.15, 0.2) is 88.9 Å². The summed E-state index contributed by atoms with van der Waals surface area (Å²) in [4.78, 5) is 35.7. The van der Waals surface area contributed by atoms with Gasteiger partial charge in [0.1, 0.15) is 13.2 Å². The van der Waals surface area contributed by atoms with Crippen LogP contribution in [0.1, 0.15) is 36.1 Å². The van der Waals surface area contributed by atoms with E-state index < -0.39 is 29.8 Å². The van der Waals surface area contributed by atoms with Gasteiger partial charge >= 0.3 is 6.18 Å². The van der Waals surface area contributed by atoms with Gasteiger partial charge in [0, 0.05) is 29.4 Å². The van der Waals surface area contributed by atoms with Gasteiger partial charge in [0.05, 0.1) is 17.5 Å². The highest BCUT2D eigenvalue weighted by Crippen LogP contribution is 2.34. The number of carbonyl (C=O) groups is 1. The molecule has 0 saturated carbocycles. The van der Waals surface area contributed by atoms with Crippen LogP contribution in [0.2, 0.25) is 0 Å². The Bertz CT molecular complexity index is 1690. The summed E-state index contributed by atoms with van der Waals surface area (Å²) in [7, 11) is 0. The maximum absolute atomic E-state index is 13.5. The number of benzene rings is 3. The highest BCUT2D eigenvalue weighted by molar-refractivity contribution is 5.97. The highest BCUT2D eigenvalue weighted by atomic mass is 19.4. The summed E-state index contributed by atoms with van der Waals surface area (Å²) in [6.45, 7) is 3.49. The molecule has 1 aromatic heterocycles. The Morgan fingerprint density at radius 3 is 2.41 bits per heavy atom. The quantitative estimate of drug-likeness (QED) is 0.0850. The first-order chi connectivity index (χ1) is 20.9. The van der Waals surface area contributed by atoms with Crippen LogP contribution in [-0.4, -0.2) is 27.3 Å². The van der Waals surface area contributed by atoms with Crippen molar-refractivity contribution in [1.82, 2.24) is 14.9 Å². The van der Waals surface area contributed by atoms with Gasteiger partial charge in [0.25, 0.3) is 5.56 Å². The van der Waals surface area contributed by atoms with E-state index in [-0.39, 0.29) is 47.8 Å². The molecular weight excluding hydrogens is 575 g/mol. The largest absolute Gasteiger partial charge is 0.416 e. The van der Waals surface area contributed by atoms with Crippen molar-refractivity contribution >= 4 is 23.2 Å². The Morgan fingerprint density at radius 1 is 1.05 bits per heavy atom. The summed E-state index contributed by atoms with van der Waals surface area (Å²) in [5.41, 5.74) is 12.2. The zero-order chi connectivity index (χ0) is 31.9. The maximum Gasteiger partial charge on any atom is 0.416 e. The van der Waals surface area contributed by atoms with Gasteiger partial charge in [-0.1, -0.05) is 59.8 Å². The average Bonchev–Trinajstić information content (AvgIpc) is 2.98. The van der Waals surface area contributed by atoms with Crippen molar-refractivity contribution in [2.24, 2.45) is 10.9 Å². The Hall–Kier alpha value is -5.33. The van der Waals surface area contributed by atoms with Crippen molar-refractivity contribution in [1.29, 1.82) is 0 Å². The Morgan fingerprint density at radius 2 is 1.75 bits per heavy atom. The van der Waals surface area contributed by atoms with Crippen molar-refractivity contribution in [3.05, 3.63) is 112 Å². The zero-order valence-corrected chi connectivity index (χ0v) is 24.1. The van der Waals surface area contributed by atoms with Gasteiger partial charge in [-0.2, -0.15) is 13.2 Å². The first kappa shape index (κ1) is 31.6. The Kier molecular flexibility index (Phi) is 9.88. The van der Waals surface area contributed by atoms with E-state index in [1.165, 1.54) is 12.3 Å². The van der Waals surface area contributed by atoms with Gasteiger partial charge in [-0.05, 0) is 43.2 Å². The maximum atomic E-state index is 13.5. The molecule has 0 unspecified atom stereocenters. The van der Waals surface area contributed by atoms with Crippen molar-refractivity contribution in [2.45, 2.75) is 45.8 Å². The molecule has 0 saturated heterocycles. The third-order valence-electron chi connectivity index (χ3n) is 6.34. The molecule has 13 heteroatoms. The number of halogens is 3. The molecule has 0 fully saturated rings. The predicted octanol–water partition coefficient (Wildman–Crippen LogP) is 4.49. The molecule has 0 radical (unpaired) electrons. The molecule has 0 bridgehead atoms. The minimum absolute atomic E-state index is 0.00542. The molecule has 1 amide bonds. The highest BCUT2D eigenvalue weighted by Gasteiger charge is 2.31. The van der Waals surface area contributed by atoms with E-state index in [1.807, 2.05) is 30.3 Å². The molecule has 0 spiro atoms. The van der Waals surface area contributed by atoms with Crippen LogP contribution < -0.4 is 27.7 Å². The number of hydrogen-bond donors (Lipinski definition) is 4. The number of oxime groups is 1. The molecule has 0 aliphatic heterocycles. The number of nitrogen functional groups attached to an aromatic ring is 1. The lowest BCUT2D eigenvalue weighted by Gasteiger charge is -2.17. The number of nitrogens with two attached hydrogens (primary N) is 2. The predicted molar refractivity (Wildman–Crippen MR) is 162 cm³/mol. The number of rotatable bonds is 11. The molecule has 3 aromatic carbocycles. The standard InChI is InChI=1S/C31H32F3N7O3/c1-19(2)39-29-30(43)41(26(16-38-29)23-12-24(31(32,33)34)14-25(35)13-23)17-27(42)37-15-20-8-10-22(11-9-20)28(36)40-44-18-21-6-4-3-5-7-21/h3-14,16,19H,15,17-18,35H2,1-2H3,(H2,36,40)(H,37,42)(H,38,39). The van der Waals surface area contributed by atoms with Crippen LogP contribution in [-0.2, 0) is 35.5 Å². The monoisotopic (exact) mass is 607 g/mol. The van der Waals surface area contributed by atoms with E-state index in [4.69, 9.17) is 16.3 Å². The minimum Gasteiger partial charge on any atom is -0.399 e. The van der Waals surface area contributed by atoms with E-state index in [0.717, 1.165) is 27.8 Å². The minimum atomic E-state index is -4.67. The first-order valence-corrected chi connectivity index (χ1v) is 13.6. The van der Waals surface area contributed by atoms with Gasteiger partial charge in [-0.15, -0.1) is 0 Å². The SMILES string of the molecule is CC(C)Nc1ncc(-c2cc(N)cc(C(F)(F)F)c2)n(CC(=O)NCc2ccc(/C(N)=N/OCc3ccccc3)cc2)c1=O. The molecule has 0 aliphatic carbocycles. The van der Waals surface area contributed by atoms with Crippen molar-refractivity contribution in [2.75, 3.05) is 11.1 Å². The lowest BCUT2D eigenvalue weighted by atomic mass is 10.1. The van der Waals surface area contributed by atoms with Crippen LogP contribution in [0.3, 0.4) is 0 Å². The van der Waals surface area contributed by atoms with E-state index in [2.05, 4.69) is 20.8 Å². The number of nitrogens with one attached hydrogen (secondary N) is 2. The fourth-order valence-electron chi connectivity index (χ4n) is 4.21. The van der Waals surface area contributed by atoms with Gasteiger partial charge in [-0.3, -0.25) is 14.2 Å². The molecule has 6 N–H and O–H groups in total. The second-order valence-corrected chi connectivity index (χ2v) is 10.2. The number of amides is 1. The van der Waals surface area contributed by atoms with Crippen LogP contribution >= 0.6 is 0 Å². The molecule has 4 rings (SSSR count). The number of nitrogens with zero attached hydrogens (tertiary/aromatic N) is 3. The van der Waals surface area contributed by atoms with Gasteiger partial charge < -0.3 is 26.9 Å². The number of alkyl halides is 3. The summed E-state index contributed by atoms with van der Waals surface area (Å²) in [6, 6.07) is 19.2. The van der Waals surface area contributed by atoms with E-state index in [9.17, 15) is 22.8 Å². The number of anilines is 2. The summed E-state index contributed by atoms with van der Waals surface area (Å²) in [5, 5.41) is 9.57. The molecule has 0 aliphatic rings. The van der Waals surface area contributed by atoms with Crippen LogP contribution in [0.5, 0.6) is 0 Å². The van der Waals surface area contributed by atoms with E-state index in [1.54, 1.807) is 38.1 Å². The topological polar surface area (TPSA) is 150 Å². The summed E-state index contributed by atoms with van der Waals surface area (Å²) in [5.74, 6) is -0.407. The van der Waals surface area contributed by atoms with Gasteiger partial charge in [0.15, 0.2) is 11.7 Å². The normalized spacial score (nSPS) is 11.8. The average molecular weight is 608 g/mol. The molecule has 10 nitrogen and oxygen atoms in total. The third kappa shape index (κ3) is 8.37. The number of hydrogen-bond acceptors (Lipinski definition) is 7. The number of amidine groups is 1. The molecule has 230 valence electrons. The Balaban J connectivity index is 1.48. The molecular formula is C31H32F3N7O3. The van der Waals surface area contributed by atoms with Crippen LogP contribution in [0, 0.1) is 0 Å². The van der Waals surface area contributed by atoms with E-state index in [0.29, 0.717) is 5.56 Å². The van der Waals surface area contributed by atoms with Crippen molar-refractivity contribution < 1.29 is 22.8 Å². The molecule has 44 heavy (non-hydrogen) atoms. The molecule has 1 heterocycles. The fraction of sp³-hybridized carbons (Fsp3) is 0.226. The third-order valence-corrected chi connectivity index (χ3v) is 6.34. The molecule has 4 aromatic rings. The zero-order valence-electron chi connectivity index (χ0n) is 24.1.